The Bertz CT molecular complexity index is 633. The van der Waals surface area contributed by atoms with Gasteiger partial charge in [0.15, 0.2) is 0 Å². The van der Waals surface area contributed by atoms with Gasteiger partial charge in [-0.15, -0.1) is 0 Å². The molecule has 1 aromatic carbocycles. The fraction of sp³-hybridized carbons (Fsp3) is 0. The van der Waals surface area contributed by atoms with Gasteiger partial charge in [0.2, 0.25) is 0 Å². The highest BCUT2D eigenvalue weighted by Gasteiger charge is 2.12. The Morgan fingerprint density at radius 2 is 1.95 bits per heavy atom. The lowest BCUT2D eigenvalue weighted by Gasteiger charge is -2.04. The molecule has 1 aromatic heterocycles. The molecule has 0 aliphatic heterocycles. The van der Waals surface area contributed by atoms with Gasteiger partial charge >= 0.3 is 5.97 Å². The number of halogens is 2. The molecule has 1 heterocycles. The predicted molar refractivity (Wildman–Crippen MR) is 72.2 cm³/mol. The van der Waals surface area contributed by atoms with E-state index in [2.05, 4.69) is 10.3 Å². The van der Waals surface area contributed by atoms with E-state index < -0.39 is 11.9 Å². The molecule has 0 spiro atoms. The summed E-state index contributed by atoms with van der Waals surface area (Å²) in [6, 6.07) is 7.29. The summed E-state index contributed by atoms with van der Waals surface area (Å²) in [7, 11) is 0. The van der Waals surface area contributed by atoms with Gasteiger partial charge in [0, 0.05) is 5.69 Å². The standard InChI is InChI=1S/C12H8Cl2N2O3/c13-8-5-9(16-10(8)14)11(17)15-7-3-1-2-6(4-7)12(18)19/h1-5,16H,(H,15,17)(H,18,19). The number of nitrogens with one attached hydrogen (secondary N) is 2. The average Bonchev–Trinajstić information content (AvgIpc) is 2.70. The molecule has 0 fully saturated rings. The second-order valence-electron chi connectivity index (χ2n) is 3.69. The van der Waals surface area contributed by atoms with Crippen molar-refractivity contribution in [2.75, 3.05) is 5.32 Å². The highest BCUT2D eigenvalue weighted by Crippen LogP contribution is 2.22. The van der Waals surface area contributed by atoms with E-state index in [1.807, 2.05) is 0 Å². The molecular formula is C12H8Cl2N2O3. The Balaban J connectivity index is 2.19. The fourth-order valence-electron chi connectivity index (χ4n) is 1.45. The molecule has 0 unspecified atom stereocenters. The highest BCUT2D eigenvalue weighted by molar-refractivity contribution is 6.41. The van der Waals surface area contributed by atoms with Gasteiger partial charge in [0.1, 0.15) is 10.8 Å². The number of carbonyl (C=O) groups is 2. The van der Waals surface area contributed by atoms with Gasteiger partial charge in [-0.25, -0.2) is 4.79 Å². The molecule has 1 amide bonds. The van der Waals surface area contributed by atoms with Gasteiger partial charge in [-0.3, -0.25) is 4.79 Å². The van der Waals surface area contributed by atoms with Crippen LogP contribution in [0.1, 0.15) is 20.8 Å². The van der Waals surface area contributed by atoms with Crippen LogP contribution in [-0.4, -0.2) is 22.0 Å². The van der Waals surface area contributed by atoms with Gasteiger partial charge in [-0.05, 0) is 24.3 Å². The van der Waals surface area contributed by atoms with E-state index in [1.54, 1.807) is 6.07 Å². The summed E-state index contributed by atoms with van der Waals surface area (Å²) in [4.78, 5) is 25.3. The Labute approximate surface area is 118 Å². The van der Waals surface area contributed by atoms with Crippen molar-refractivity contribution in [1.82, 2.24) is 4.98 Å². The van der Waals surface area contributed by atoms with Crippen molar-refractivity contribution in [1.29, 1.82) is 0 Å². The molecule has 0 aliphatic carbocycles. The van der Waals surface area contributed by atoms with Crippen LogP contribution in [0.4, 0.5) is 5.69 Å². The number of aromatic amines is 1. The number of carbonyl (C=O) groups excluding carboxylic acids is 1. The van der Waals surface area contributed by atoms with Crippen molar-refractivity contribution in [3.8, 4) is 0 Å². The minimum atomic E-state index is -1.07. The third-order valence-corrected chi connectivity index (χ3v) is 3.03. The van der Waals surface area contributed by atoms with Crippen LogP contribution in [0.2, 0.25) is 10.2 Å². The maximum Gasteiger partial charge on any atom is 0.335 e. The molecule has 3 N–H and O–H groups in total. The van der Waals surface area contributed by atoms with Crippen LogP contribution >= 0.6 is 23.2 Å². The molecule has 2 rings (SSSR count). The number of hydrogen-bond donors (Lipinski definition) is 3. The lowest BCUT2D eigenvalue weighted by molar-refractivity contribution is 0.0696. The number of rotatable bonds is 3. The summed E-state index contributed by atoms with van der Waals surface area (Å²) in [6.07, 6.45) is 0. The summed E-state index contributed by atoms with van der Waals surface area (Å²) in [5, 5.41) is 11.8. The first kappa shape index (κ1) is 13.5. The minimum Gasteiger partial charge on any atom is -0.478 e. The number of aromatic nitrogens is 1. The molecule has 0 bridgehead atoms. The van der Waals surface area contributed by atoms with E-state index in [0.717, 1.165) is 0 Å². The van der Waals surface area contributed by atoms with E-state index in [0.29, 0.717) is 5.69 Å². The SMILES string of the molecule is O=C(O)c1cccc(NC(=O)c2cc(Cl)c(Cl)[nH]2)c1. The van der Waals surface area contributed by atoms with Crippen molar-refractivity contribution in [3.05, 3.63) is 51.8 Å². The molecular weight excluding hydrogens is 291 g/mol. The molecule has 98 valence electrons. The number of hydrogen-bond acceptors (Lipinski definition) is 2. The Kier molecular flexibility index (Phi) is 3.78. The molecule has 0 saturated carbocycles. The zero-order valence-corrected chi connectivity index (χ0v) is 10.9. The van der Waals surface area contributed by atoms with Crippen LogP contribution in [0.15, 0.2) is 30.3 Å². The number of anilines is 1. The number of H-pyrrole nitrogens is 1. The van der Waals surface area contributed by atoms with Gasteiger partial charge in [-0.2, -0.15) is 0 Å². The number of amides is 1. The van der Waals surface area contributed by atoms with Crippen molar-refractivity contribution < 1.29 is 14.7 Å². The maximum absolute atomic E-state index is 11.9. The number of aromatic carboxylic acids is 1. The van der Waals surface area contributed by atoms with E-state index in [4.69, 9.17) is 28.3 Å². The lowest BCUT2D eigenvalue weighted by atomic mass is 10.2. The molecule has 5 nitrogen and oxygen atoms in total. The molecule has 19 heavy (non-hydrogen) atoms. The first-order valence-corrected chi connectivity index (χ1v) is 5.91. The van der Waals surface area contributed by atoms with Crippen molar-refractivity contribution >= 4 is 40.8 Å². The van der Waals surface area contributed by atoms with Gasteiger partial charge in [-0.1, -0.05) is 29.3 Å². The Morgan fingerprint density at radius 1 is 1.21 bits per heavy atom. The number of benzene rings is 1. The zero-order valence-electron chi connectivity index (χ0n) is 9.41. The quantitative estimate of drug-likeness (QED) is 0.813. The topological polar surface area (TPSA) is 82.2 Å². The van der Waals surface area contributed by atoms with E-state index in [1.165, 1.54) is 24.3 Å². The molecule has 0 atom stereocenters. The summed E-state index contributed by atoms with van der Waals surface area (Å²) in [6.45, 7) is 0. The van der Waals surface area contributed by atoms with Crippen LogP contribution in [0.25, 0.3) is 0 Å². The van der Waals surface area contributed by atoms with Gasteiger partial charge in [0.05, 0.1) is 10.6 Å². The molecule has 7 heteroatoms. The largest absolute Gasteiger partial charge is 0.478 e. The second-order valence-corrected chi connectivity index (χ2v) is 4.47. The third kappa shape index (κ3) is 3.07. The second kappa shape index (κ2) is 5.34. The first-order chi connectivity index (χ1) is 8.97. The lowest BCUT2D eigenvalue weighted by Crippen LogP contribution is -2.12. The molecule has 0 radical (unpaired) electrons. The highest BCUT2D eigenvalue weighted by atomic mass is 35.5. The number of carboxylic acid groups (broad SMARTS) is 1. The average molecular weight is 299 g/mol. The Morgan fingerprint density at radius 3 is 2.53 bits per heavy atom. The smallest absolute Gasteiger partial charge is 0.335 e. The number of carboxylic acids is 1. The molecule has 2 aromatic rings. The first-order valence-electron chi connectivity index (χ1n) is 5.16. The summed E-state index contributed by atoms with van der Waals surface area (Å²) >= 11 is 11.4. The third-order valence-electron chi connectivity index (χ3n) is 2.34. The van der Waals surface area contributed by atoms with E-state index in [-0.39, 0.29) is 21.4 Å². The van der Waals surface area contributed by atoms with E-state index in [9.17, 15) is 9.59 Å². The summed E-state index contributed by atoms with van der Waals surface area (Å²) in [5.41, 5.74) is 0.642. The zero-order chi connectivity index (χ0) is 14.0. The van der Waals surface area contributed by atoms with E-state index >= 15 is 0 Å². The monoisotopic (exact) mass is 298 g/mol. The van der Waals surface area contributed by atoms with Crippen LogP contribution in [-0.2, 0) is 0 Å². The van der Waals surface area contributed by atoms with Gasteiger partial charge in [0.25, 0.3) is 5.91 Å². The maximum atomic E-state index is 11.9. The van der Waals surface area contributed by atoms with Crippen molar-refractivity contribution in [3.63, 3.8) is 0 Å². The van der Waals surface area contributed by atoms with Crippen LogP contribution in [0, 0.1) is 0 Å². The van der Waals surface area contributed by atoms with Crippen molar-refractivity contribution in [2.24, 2.45) is 0 Å². The summed E-state index contributed by atoms with van der Waals surface area (Å²) < 4.78 is 0. The molecule has 0 saturated heterocycles. The minimum absolute atomic E-state index is 0.0837. The van der Waals surface area contributed by atoms with Crippen LogP contribution < -0.4 is 5.32 Å². The van der Waals surface area contributed by atoms with Crippen LogP contribution in [0.3, 0.4) is 0 Å². The van der Waals surface area contributed by atoms with Gasteiger partial charge < -0.3 is 15.4 Å². The summed E-state index contributed by atoms with van der Waals surface area (Å²) in [5.74, 6) is -1.53. The Hall–Kier alpha value is -1.98. The van der Waals surface area contributed by atoms with Crippen molar-refractivity contribution in [2.45, 2.75) is 0 Å². The van der Waals surface area contributed by atoms with Crippen LogP contribution in [0.5, 0.6) is 0 Å². The normalized spacial score (nSPS) is 10.2. The molecule has 0 aliphatic rings. The predicted octanol–water partition coefficient (Wildman–Crippen LogP) is 3.27. The fourth-order valence-corrected chi connectivity index (χ4v) is 1.77.